The third-order valence-corrected chi connectivity index (χ3v) is 8.57. The van der Waals surface area contributed by atoms with Gasteiger partial charge in [0, 0.05) is 6.42 Å². The van der Waals surface area contributed by atoms with E-state index < -0.39 is 83.1 Å². The first-order valence-electron chi connectivity index (χ1n) is 12.2. The van der Waals surface area contributed by atoms with E-state index in [1.807, 2.05) is 0 Å². The molecule has 0 aromatic rings. The summed E-state index contributed by atoms with van der Waals surface area (Å²) in [6, 6.07) is 0. The highest BCUT2D eigenvalue weighted by Crippen LogP contribution is 2.61. The summed E-state index contributed by atoms with van der Waals surface area (Å²) in [6.45, 7) is 1.30. The zero-order valence-electron chi connectivity index (χ0n) is 20.7. The van der Waals surface area contributed by atoms with Gasteiger partial charge in [0.05, 0.1) is 12.0 Å². The Balaban J connectivity index is 1.76. The van der Waals surface area contributed by atoms with Gasteiger partial charge in [0.25, 0.3) is 0 Å². The molecule has 4 rings (SSSR count). The van der Waals surface area contributed by atoms with E-state index in [9.17, 15) is 48.7 Å². The number of alkyl halides is 7. The summed E-state index contributed by atoms with van der Waals surface area (Å²) in [4.78, 5) is 25.9. The summed E-state index contributed by atoms with van der Waals surface area (Å²) < 4.78 is 141. The van der Waals surface area contributed by atoms with Gasteiger partial charge in [-0.2, -0.15) is 39.2 Å². The number of hydrogen-bond acceptors (Lipinski definition) is 7. The Morgan fingerprint density at radius 3 is 1.90 bits per heavy atom. The van der Waals surface area contributed by atoms with Gasteiger partial charge in [-0.3, -0.25) is 9.35 Å². The van der Waals surface area contributed by atoms with Crippen LogP contribution >= 0.6 is 0 Å². The predicted octanol–water partition coefficient (Wildman–Crippen LogP) is 5.04. The summed E-state index contributed by atoms with van der Waals surface area (Å²) in [5.41, 5.74) is -1.25. The molecule has 4 fully saturated rings. The molecule has 1 N–H and O–H groups in total. The minimum Gasteiger partial charge on any atom is -0.456 e. The summed E-state index contributed by atoms with van der Waals surface area (Å²) in [7, 11) is -6.49. The topological polar surface area (TPSA) is 116 Å². The lowest BCUT2D eigenvalue weighted by atomic mass is 9.49. The van der Waals surface area contributed by atoms with Crippen LogP contribution in [0.1, 0.15) is 57.8 Å². The highest BCUT2D eigenvalue weighted by Gasteiger charge is 2.70. The van der Waals surface area contributed by atoms with E-state index in [-0.39, 0.29) is 37.0 Å². The first-order chi connectivity index (χ1) is 17.8. The van der Waals surface area contributed by atoms with E-state index in [4.69, 9.17) is 9.29 Å². The van der Waals surface area contributed by atoms with Crippen LogP contribution in [-0.4, -0.2) is 61.3 Å². The molecule has 39 heavy (non-hydrogen) atoms. The van der Waals surface area contributed by atoms with Gasteiger partial charge in [-0.1, -0.05) is 12.7 Å². The first kappa shape index (κ1) is 31.6. The Morgan fingerprint density at radius 1 is 0.949 bits per heavy atom. The average molecular weight is 599 g/mol. The monoisotopic (exact) mass is 598 g/mol. The minimum atomic E-state index is -6.49. The molecule has 0 heterocycles. The number of carbonyl (C=O) groups excluding carboxylic acids is 2. The normalized spacial score (nSPS) is 28.6. The molecule has 1 atom stereocenters. The molecule has 0 aromatic carbocycles. The van der Waals surface area contributed by atoms with E-state index in [1.54, 1.807) is 0 Å². The predicted molar refractivity (Wildman–Crippen MR) is 118 cm³/mol. The van der Waals surface area contributed by atoms with Gasteiger partial charge in [0.1, 0.15) is 6.61 Å². The molecule has 4 bridgehead atoms. The standard InChI is InChI=1S/C23H29F7O8S/c1-2-6-36-18(32)21(22(26,27)28,37-7-4-3-5-20(24,25)23(29,30)39(33,34)35)38-17(31)19-11-14-8-15(12-19)10-16(9-14)13-19/h2,14-16H,1,3-13H2,(H,33,34,35). The fourth-order valence-electron chi connectivity index (χ4n) is 6.21. The van der Waals surface area contributed by atoms with Crippen LogP contribution in [0.2, 0.25) is 0 Å². The van der Waals surface area contributed by atoms with E-state index in [1.165, 1.54) is 0 Å². The van der Waals surface area contributed by atoms with Gasteiger partial charge < -0.3 is 14.2 Å². The van der Waals surface area contributed by atoms with E-state index in [2.05, 4.69) is 16.1 Å². The Bertz CT molecular complexity index is 1020. The number of carbonyl (C=O) groups is 2. The largest absolute Gasteiger partial charge is 0.468 e. The lowest BCUT2D eigenvalue weighted by Crippen LogP contribution is -2.61. The second kappa shape index (κ2) is 10.8. The molecule has 0 aliphatic heterocycles. The number of rotatable bonds is 13. The van der Waals surface area contributed by atoms with Crippen molar-refractivity contribution in [1.29, 1.82) is 0 Å². The Hall–Kier alpha value is -1.94. The van der Waals surface area contributed by atoms with E-state index in [0.717, 1.165) is 25.3 Å². The maximum atomic E-state index is 14.3. The molecule has 4 aliphatic rings. The molecule has 16 heteroatoms. The maximum Gasteiger partial charge on any atom is 0.468 e. The van der Waals surface area contributed by atoms with Crippen LogP contribution in [0.4, 0.5) is 30.7 Å². The summed E-state index contributed by atoms with van der Waals surface area (Å²) in [5, 5.41) is -5.85. The molecular formula is C23H29F7O8S. The fourth-order valence-corrected chi connectivity index (χ4v) is 6.69. The van der Waals surface area contributed by atoms with Crippen molar-refractivity contribution in [2.75, 3.05) is 13.2 Å². The van der Waals surface area contributed by atoms with E-state index in [0.29, 0.717) is 0 Å². The quantitative estimate of drug-likeness (QED) is 0.0784. The molecule has 0 saturated heterocycles. The van der Waals surface area contributed by atoms with Crippen LogP contribution in [0, 0.1) is 23.2 Å². The first-order valence-corrected chi connectivity index (χ1v) is 13.7. The van der Waals surface area contributed by atoms with Gasteiger partial charge >= 0.3 is 45.2 Å². The molecular weight excluding hydrogens is 569 g/mol. The van der Waals surface area contributed by atoms with Crippen molar-refractivity contribution in [2.24, 2.45) is 23.2 Å². The zero-order chi connectivity index (χ0) is 29.5. The summed E-state index contributed by atoms with van der Waals surface area (Å²) >= 11 is 0. The lowest BCUT2D eigenvalue weighted by Gasteiger charge is -2.55. The Kier molecular flexibility index (Phi) is 8.75. The number of ether oxygens (including phenoxy) is 3. The average Bonchev–Trinajstić information content (AvgIpc) is 2.78. The summed E-state index contributed by atoms with van der Waals surface area (Å²) in [5.74, 6) is -12.6. The van der Waals surface area contributed by atoms with E-state index >= 15 is 0 Å². The van der Waals surface area contributed by atoms with Crippen LogP contribution < -0.4 is 0 Å². The molecule has 0 amide bonds. The molecule has 0 spiro atoms. The highest BCUT2D eigenvalue weighted by molar-refractivity contribution is 7.87. The van der Waals surface area contributed by atoms with Crippen LogP contribution in [0.3, 0.4) is 0 Å². The van der Waals surface area contributed by atoms with Crippen LogP contribution in [0.15, 0.2) is 12.7 Å². The van der Waals surface area contributed by atoms with Crippen molar-refractivity contribution in [3.63, 3.8) is 0 Å². The third kappa shape index (κ3) is 6.06. The second-order valence-electron chi connectivity index (χ2n) is 10.6. The SMILES string of the molecule is C=CCOC(=O)C(OCCCCC(F)(F)C(F)(F)S(=O)(=O)O)(OC(=O)C12CC3CC(CC(C3)C1)C2)C(F)(F)F. The molecule has 8 nitrogen and oxygen atoms in total. The summed E-state index contributed by atoms with van der Waals surface area (Å²) in [6.07, 6.45) is -5.07. The van der Waals surface area contributed by atoms with Crippen molar-refractivity contribution in [3.8, 4) is 0 Å². The second-order valence-corrected chi connectivity index (χ2v) is 12.1. The number of unbranched alkanes of at least 4 members (excludes halogenated alkanes) is 1. The lowest BCUT2D eigenvalue weighted by molar-refractivity contribution is -0.359. The smallest absolute Gasteiger partial charge is 0.456 e. The van der Waals surface area contributed by atoms with Crippen LogP contribution in [0.25, 0.3) is 0 Å². The van der Waals surface area contributed by atoms with Crippen LogP contribution in [0.5, 0.6) is 0 Å². The molecule has 224 valence electrons. The zero-order valence-corrected chi connectivity index (χ0v) is 21.5. The Labute approximate surface area is 220 Å². The van der Waals surface area contributed by atoms with Gasteiger partial charge in [0.15, 0.2) is 0 Å². The van der Waals surface area contributed by atoms with Gasteiger partial charge in [0.2, 0.25) is 0 Å². The number of esters is 2. The van der Waals surface area contributed by atoms with Crippen molar-refractivity contribution in [2.45, 2.75) is 80.9 Å². The van der Waals surface area contributed by atoms with Crippen molar-refractivity contribution in [1.82, 2.24) is 0 Å². The van der Waals surface area contributed by atoms with Crippen LogP contribution in [-0.2, 0) is 33.9 Å². The maximum absolute atomic E-state index is 14.3. The van der Waals surface area contributed by atoms with Crippen molar-refractivity contribution in [3.05, 3.63) is 12.7 Å². The molecule has 4 saturated carbocycles. The molecule has 1 unspecified atom stereocenters. The van der Waals surface area contributed by atoms with Gasteiger partial charge in [-0.15, -0.1) is 0 Å². The molecule has 0 aromatic heterocycles. The minimum absolute atomic E-state index is 0.125. The number of hydrogen-bond donors (Lipinski definition) is 1. The molecule has 4 aliphatic carbocycles. The van der Waals surface area contributed by atoms with Crippen molar-refractivity contribution < 1.29 is 67.5 Å². The number of halogens is 7. The third-order valence-electron chi connectivity index (χ3n) is 7.62. The highest BCUT2D eigenvalue weighted by atomic mass is 32.2. The fraction of sp³-hybridized carbons (Fsp3) is 0.826. The van der Waals surface area contributed by atoms with Crippen molar-refractivity contribution >= 4 is 22.1 Å². The molecule has 0 radical (unpaired) electrons. The Morgan fingerprint density at radius 2 is 1.46 bits per heavy atom. The van der Waals surface area contributed by atoms with Gasteiger partial charge in [-0.25, -0.2) is 4.79 Å². The van der Waals surface area contributed by atoms with Gasteiger partial charge in [-0.05, 0) is 69.1 Å².